The number of rotatable bonds is 4. The Hall–Kier alpha value is -2.12. The Bertz CT molecular complexity index is 697. The minimum Gasteiger partial charge on any atom is -0.468 e. The Labute approximate surface area is 140 Å². The van der Waals surface area contributed by atoms with Crippen LogP contribution in [0.1, 0.15) is 29.0 Å². The van der Waals surface area contributed by atoms with Crippen LogP contribution in [-0.2, 0) is 18.3 Å². The predicted molar refractivity (Wildman–Crippen MR) is 86.3 cm³/mol. The molecule has 7 heteroatoms. The van der Waals surface area contributed by atoms with Crippen molar-refractivity contribution in [1.29, 1.82) is 0 Å². The molecule has 0 spiro atoms. The van der Waals surface area contributed by atoms with Crippen molar-refractivity contribution in [2.75, 3.05) is 13.2 Å². The van der Waals surface area contributed by atoms with Gasteiger partial charge in [-0.15, -0.1) is 0 Å². The average molecular weight is 330 g/mol. The molecule has 2 aromatic rings. The Kier molecular flexibility index (Phi) is 4.12. The van der Waals surface area contributed by atoms with Gasteiger partial charge < -0.3 is 14.5 Å². The van der Waals surface area contributed by atoms with Gasteiger partial charge in [-0.3, -0.25) is 14.4 Å². The monoisotopic (exact) mass is 330 g/mol. The first-order valence-corrected chi connectivity index (χ1v) is 8.38. The van der Waals surface area contributed by atoms with Crippen LogP contribution in [0, 0.1) is 0 Å². The van der Waals surface area contributed by atoms with E-state index in [-0.39, 0.29) is 18.1 Å². The summed E-state index contributed by atoms with van der Waals surface area (Å²) < 4.78 is 13.1. The van der Waals surface area contributed by atoms with Crippen LogP contribution in [0.25, 0.3) is 0 Å². The summed E-state index contributed by atoms with van der Waals surface area (Å²) in [6.07, 6.45) is 7.19. The van der Waals surface area contributed by atoms with Crippen LogP contribution in [0.15, 0.2) is 35.2 Å². The highest BCUT2D eigenvalue weighted by molar-refractivity contribution is 5.93. The summed E-state index contributed by atoms with van der Waals surface area (Å²) in [6.45, 7) is 2.27. The second-order valence-electron chi connectivity index (χ2n) is 6.54. The number of nitrogens with one attached hydrogen (secondary N) is 1. The lowest BCUT2D eigenvalue weighted by molar-refractivity contribution is -0.0219. The molecule has 1 amide bonds. The normalized spacial score (nSPS) is 27.1. The van der Waals surface area contributed by atoms with E-state index >= 15 is 0 Å². The van der Waals surface area contributed by atoms with E-state index in [1.54, 1.807) is 30.4 Å². The lowest BCUT2D eigenvalue weighted by atomic mass is 10.0. The zero-order valence-electron chi connectivity index (χ0n) is 13.7. The third-order valence-electron chi connectivity index (χ3n) is 4.85. The molecule has 24 heavy (non-hydrogen) atoms. The summed E-state index contributed by atoms with van der Waals surface area (Å²) in [5.74, 6) is 0.847. The molecule has 0 saturated carbocycles. The van der Waals surface area contributed by atoms with Gasteiger partial charge in [0, 0.05) is 32.4 Å². The van der Waals surface area contributed by atoms with Crippen LogP contribution in [0.2, 0.25) is 0 Å². The number of aromatic nitrogens is 2. The fourth-order valence-electron chi connectivity index (χ4n) is 3.76. The summed E-state index contributed by atoms with van der Waals surface area (Å²) in [5.41, 5.74) is 0.578. The molecule has 128 valence electrons. The zero-order valence-corrected chi connectivity index (χ0v) is 13.7. The Morgan fingerprint density at radius 2 is 2.42 bits per heavy atom. The molecule has 3 atom stereocenters. The molecular weight excluding hydrogens is 308 g/mol. The molecule has 2 aromatic heterocycles. The van der Waals surface area contributed by atoms with Gasteiger partial charge >= 0.3 is 0 Å². The summed E-state index contributed by atoms with van der Waals surface area (Å²) >= 11 is 0. The first-order chi connectivity index (χ1) is 11.7. The van der Waals surface area contributed by atoms with Crippen LogP contribution in [-0.4, -0.2) is 51.9 Å². The second-order valence-corrected chi connectivity index (χ2v) is 6.54. The fraction of sp³-hybridized carbons (Fsp3) is 0.529. The molecule has 0 aliphatic carbocycles. The first-order valence-electron chi connectivity index (χ1n) is 8.38. The van der Waals surface area contributed by atoms with E-state index < -0.39 is 0 Å². The number of fused-ring (bicyclic) bond motifs is 1. The molecule has 2 saturated heterocycles. The molecule has 2 aliphatic rings. The van der Waals surface area contributed by atoms with Gasteiger partial charge in [-0.2, -0.15) is 5.10 Å². The number of furan rings is 1. The number of carbonyl (C=O) groups excluding carboxylic acids is 1. The average Bonchev–Trinajstić information content (AvgIpc) is 3.30. The van der Waals surface area contributed by atoms with Crippen molar-refractivity contribution in [3.05, 3.63) is 42.1 Å². The highest BCUT2D eigenvalue weighted by atomic mass is 16.5. The number of hydrogen-bond donors (Lipinski definition) is 1. The number of ether oxygens (including phenoxy) is 1. The highest BCUT2D eigenvalue weighted by Crippen LogP contribution is 2.30. The van der Waals surface area contributed by atoms with Crippen molar-refractivity contribution in [2.45, 2.75) is 37.6 Å². The second kappa shape index (κ2) is 6.41. The van der Waals surface area contributed by atoms with Crippen LogP contribution in [0.4, 0.5) is 0 Å². The SMILES string of the molecule is Cn1cc(C(=O)N[C@@H]2CN(Cc3ccco3)[C@H]3CCCO[C@@H]23)cn1. The zero-order chi connectivity index (χ0) is 16.5. The maximum Gasteiger partial charge on any atom is 0.254 e. The minimum absolute atomic E-state index is 0.0158. The molecule has 1 N–H and O–H groups in total. The standard InChI is InChI=1S/C17H22N4O3/c1-20-9-12(8-18-20)17(22)19-14-11-21(10-13-4-2-6-23-13)15-5-3-7-24-16(14)15/h2,4,6,8-9,14-16H,3,5,7,10-11H2,1H3,(H,19,22)/t14-,15+,16+/m1/s1. The number of amides is 1. The van der Waals surface area contributed by atoms with E-state index in [1.807, 2.05) is 12.1 Å². The molecule has 4 rings (SSSR count). The Morgan fingerprint density at radius 1 is 1.50 bits per heavy atom. The van der Waals surface area contributed by atoms with E-state index in [4.69, 9.17) is 9.15 Å². The maximum atomic E-state index is 12.5. The van der Waals surface area contributed by atoms with Gasteiger partial charge in [-0.25, -0.2) is 0 Å². The molecule has 2 fully saturated rings. The molecule has 4 heterocycles. The first kappa shape index (κ1) is 15.4. The minimum atomic E-state index is -0.0964. The van der Waals surface area contributed by atoms with Gasteiger partial charge in [0.2, 0.25) is 0 Å². The maximum absolute atomic E-state index is 12.5. The molecule has 0 aromatic carbocycles. The molecule has 2 aliphatic heterocycles. The largest absolute Gasteiger partial charge is 0.468 e. The summed E-state index contributed by atoms with van der Waals surface area (Å²) in [7, 11) is 1.80. The Balaban J connectivity index is 1.47. The summed E-state index contributed by atoms with van der Waals surface area (Å²) in [6, 6.07) is 4.20. The third-order valence-corrected chi connectivity index (χ3v) is 4.85. The van der Waals surface area contributed by atoms with Gasteiger partial charge in [-0.05, 0) is 25.0 Å². The smallest absolute Gasteiger partial charge is 0.254 e. The number of aryl methyl sites for hydroxylation is 1. The van der Waals surface area contributed by atoms with E-state index in [1.165, 1.54) is 0 Å². The number of hydrogen-bond acceptors (Lipinski definition) is 5. The molecular formula is C17H22N4O3. The van der Waals surface area contributed by atoms with E-state index in [9.17, 15) is 4.79 Å². The summed E-state index contributed by atoms with van der Waals surface area (Å²) in [4.78, 5) is 14.8. The van der Waals surface area contributed by atoms with Crippen molar-refractivity contribution >= 4 is 5.91 Å². The van der Waals surface area contributed by atoms with Crippen molar-refractivity contribution in [3.8, 4) is 0 Å². The van der Waals surface area contributed by atoms with Crippen LogP contribution in [0.5, 0.6) is 0 Å². The van der Waals surface area contributed by atoms with Crippen molar-refractivity contribution in [1.82, 2.24) is 20.0 Å². The van der Waals surface area contributed by atoms with Crippen LogP contribution >= 0.6 is 0 Å². The van der Waals surface area contributed by atoms with Crippen molar-refractivity contribution < 1.29 is 13.9 Å². The quantitative estimate of drug-likeness (QED) is 0.911. The topological polar surface area (TPSA) is 72.5 Å². The van der Waals surface area contributed by atoms with Gasteiger partial charge in [-0.1, -0.05) is 0 Å². The highest BCUT2D eigenvalue weighted by Gasteiger charge is 2.44. The van der Waals surface area contributed by atoms with Crippen LogP contribution < -0.4 is 5.32 Å². The number of likely N-dealkylation sites (tertiary alicyclic amines) is 1. The van der Waals surface area contributed by atoms with Gasteiger partial charge in [0.25, 0.3) is 5.91 Å². The molecule has 0 unspecified atom stereocenters. The lowest BCUT2D eigenvalue weighted by Gasteiger charge is -2.32. The fourth-order valence-corrected chi connectivity index (χ4v) is 3.76. The lowest BCUT2D eigenvalue weighted by Crippen LogP contribution is -2.47. The number of nitrogens with zero attached hydrogens (tertiary/aromatic N) is 3. The molecule has 0 radical (unpaired) electrons. The van der Waals surface area contributed by atoms with Crippen LogP contribution in [0.3, 0.4) is 0 Å². The van der Waals surface area contributed by atoms with E-state index in [2.05, 4.69) is 15.3 Å². The van der Waals surface area contributed by atoms with E-state index in [0.29, 0.717) is 11.6 Å². The molecule has 0 bridgehead atoms. The van der Waals surface area contributed by atoms with Gasteiger partial charge in [0.05, 0.1) is 36.7 Å². The van der Waals surface area contributed by atoms with E-state index in [0.717, 1.165) is 38.3 Å². The third kappa shape index (κ3) is 2.97. The van der Waals surface area contributed by atoms with Gasteiger partial charge in [0.15, 0.2) is 0 Å². The predicted octanol–water partition coefficient (Wildman–Crippen LogP) is 1.17. The van der Waals surface area contributed by atoms with Gasteiger partial charge in [0.1, 0.15) is 5.76 Å². The van der Waals surface area contributed by atoms with Crippen molar-refractivity contribution in [2.24, 2.45) is 7.05 Å². The van der Waals surface area contributed by atoms with Crippen molar-refractivity contribution in [3.63, 3.8) is 0 Å². The number of carbonyl (C=O) groups is 1. The molecule has 7 nitrogen and oxygen atoms in total. The summed E-state index contributed by atoms with van der Waals surface area (Å²) in [5, 5.41) is 7.19. The Morgan fingerprint density at radius 3 is 3.17 bits per heavy atom.